The minimum absolute atomic E-state index is 0.166. The van der Waals surface area contributed by atoms with Gasteiger partial charge in [-0.15, -0.1) is 0 Å². The number of halogens is 2. The maximum Gasteiger partial charge on any atom is 0.435 e. The molecule has 0 saturated carbocycles. The molecule has 0 bridgehead atoms. The molecule has 0 spiro atoms. The molecule has 6 rings (SSSR count). The van der Waals surface area contributed by atoms with E-state index in [1.165, 1.54) is 9.36 Å². The van der Waals surface area contributed by atoms with Gasteiger partial charge < -0.3 is 20.1 Å². The molecule has 0 unspecified atom stereocenters. The summed E-state index contributed by atoms with van der Waals surface area (Å²) in [5, 5.41) is 15.6. The third kappa shape index (κ3) is 9.96. The molecule has 50 heavy (non-hydrogen) atoms. The summed E-state index contributed by atoms with van der Waals surface area (Å²) >= 11 is 11.5. The van der Waals surface area contributed by atoms with Gasteiger partial charge in [0.1, 0.15) is 22.8 Å². The molecule has 0 fully saturated rings. The fraction of sp³-hybridized carbons (Fsp3) is 0.235. The molecule has 14 nitrogen and oxygen atoms in total. The van der Waals surface area contributed by atoms with Crippen molar-refractivity contribution >= 4 is 69.3 Å². The molecule has 0 atom stereocenters. The summed E-state index contributed by atoms with van der Waals surface area (Å²) in [7, 11) is 0. The number of hydrogen-bond acceptors (Lipinski definition) is 12. The Morgan fingerprint density at radius 3 is 1.82 bits per heavy atom. The fourth-order valence-corrected chi connectivity index (χ4v) is 4.59. The molecule has 0 radical (unpaired) electrons. The second kappa shape index (κ2) is 14.9. The smallest absolute Gasteiger partial charge is 0.435 e. The number of hydrogen-bond donors (Lipinski definition) is 2. The number of fused-ring (bicyclic) bond motifs is 1. The van der Waals surface area contributed by atoms with E-state index < -0.39 is 23.4 Å². The molecule has 2 N–H and O–H groups in total. The monoisotopic (exact) mass is 716 g/mol. The lowest BCUT2D eigenvalue weighted by Crippen LogP contribution is -2.27. The maximum absolute atomic E-state index is 12.2. The third-order valence-corrected chi connectivity index (χ3v) is 6.68. The molecule has 4 aromatic heterocycles. The highest BCUT2D eigenvalue weighted by atomic mass is 35.5. The third-order valence-electron chi connectivity index (χ3n) is 6.31. The van der Waals surface area contributed by atoms with Crippen LogP contribution in [0.1, 0.15) is 41.5 Å². The molecule has 0 saturated heterocycles. The van der Waals surface area contributed by atoms with Crippen molar-refractivity contribution in [3.8, 4) is 11.1 Å². The summed E-state index contributed by atoms with van der Waals surface area (Å²) < 4.78 is 13.1. The van der Waals surface area contributed by atoms with Crippen LogP contribution < -0.4 is 10.6 Å². The van der Waals surface area contributed by atoms with Crippen molar-refractivity contribution < 1.29 is 19.1 Å². The predicted molar refractivity (Wildman–Crippen MR) is 191 cm³/mol. The summed E-state index contributed by atoms with van der Waals surface area (Å²) in [5.41, 5.74) is 2.89. The van der Waals surface area contributed by atoms with Gasteiger partial charge in [0.05, 0.1) is 17.9 Å². The summed E-state index contributed by atoms with van der Waals surface area (Å²) in [4.78, 5) is 40.0. The first-order chi connectivity index (χ1) is 23.6. The number of anilines is 4. The van der Waals surface area contributed by atoms with Crippen LogP contribution in [0.15, 0.2) is 85.6 Å². The Labute approximate surface area is 297 Å². The van der Waals surface area contributed by atoms with E-state index in [9.17, 15) is 9.59 Å². The van der Waals surface area contributed by atoms with Crippen LogP contribution in [0.25, 0.3) is 22.0 Å². The van der Waals surface area contributed by atoms with Crippen molar-refractivity contribution in [1.29, 1.82) is 0 Å². The van der Waals surface area contributed by atoms with Crippen molar-refractivity contribution in [1.82, 2.24) is 39.5 Å². The first-order valence-corrected chi connectivity index (χ1v) is 16.0. The van der Waals surface area contributed by atoms with Gasteiger partial charge in [0.25, 0.3) is 0 Å². The molecule has 16 heteroatoms. The first-order valence-electron chi connectivity index (χ1n) is 15.2. The first kappa shape index (κ1) is 35.7. The average Bonchev–Trinajstić information content (AvgIpc) is 3.68. The fourth-order valence-electron chi connectivity index (χ4n) is 4.29. The lowest BCUT2D eigenvalue weighted by molar-refractivity contribution is 0.0507. The Bertz CT molecular complexity index is 2120. The number of carbonyl (C=O) groups excluding carboxylic acids is 2. The highest BCUT2D eigenvalue weighted by Crippen LogP contribution is 2.24. The summed E-state index contributed by atoms with van der Waals surface area (Å²) in [6.07, 6.45) is 6.99. The number of benzene rings is 2. The van der Waals surface area contributed by atoms with Crippen molar-refractivity contribution in [2.24, 2.45) is 0 Å². The molecular formula is C34H34Cl2N10O4. The zero-order valence-corrected chi connectivity index (χ0v) is 29.6. The summed E-state index contributed by atoms with van der Waals surface area (Å²) in [6, 6.07) is 16.5. The molecule has 2 aromatic carbocycles. The molecule has 0 amide bonds. The van der Waals surface area contributed by atoms with Crippen molar-refractivity contribution in [2.45, 2.75) is 52.7 Å². The molecule has 0 aliphatic carbocycles. The lowest BCUT2D eigenvalue weighted by Gasteiger charge is -2.19. The van der Waals surface area contributed by atoms with Gasteiger partial charge in [-0.2, -0.15) is 19.6 Å². The van der Waals surface area contributed by atoms with Gasteiger partial charge in [0.2, 0.25) is 10.6 Å². The Morgan fingerprint density at radius 1 is 0.680 bits per heavy atom. The topological polar surface area (TPSA) is 164 Å². The van der Waals surface area contributed by atoms with Crippen LogP contribution in [0.4, 0.5) is 32.6 Å². The largest absolute Gasteiger partial charge is 0.442 e. The summed E-state index contributed by atoms with van der Waals surface area (Å²) in [5.74, 6) is 1.18. The van der Waals surface area contributed by atoms with E-state index in [2.05, 4.69) is 40.8 Å². The van der Waals surface area contributed by atoms with Gasteiger partial charge in [0.15, 0.2) is 0 Å². The Hall–Kier alpha value is -5.60. The van der Waals surface area contributed by atoms with Gasteiger partial charge in [-0.25, -0.2) is 29.5 Å². The Balaban J connectivity index is 0.000000195. The molecule has 4 heterocycles. The van der Waals surface area contributed by atoms with Gasteiger partial charge in [0, 0.05) is 40.9 Å². The second-order valence-corrected chi connectivity index (χ2v) is 13.4. The quantitative estimate of drug-likeness (QED) is 0.164. The van der Waals surface area contributed by atoms with E-state index >= 15 is 0 Å². The highest BCUT2D eigenvalue weighted by molar-refractivity contribution is 6.28. The van der Waals surface area contributed by atoms with Crippen LogP contribution in [-0.2, 0) is 9.47 Å². The van der Waals surface area contributed by atoms with E-state index in [4.69, 9.17) is 32.7 Å². The molecule has 0 aliphatic heterocycles. The SMILES string of the molecule is CC(C)(C)OC(=O)n1cc(-c2ccc(Nc3ccnc(Cl)n3)cc2)cn1.CC(C)(C)OC(=O)n1ncc2cc(Nc3ccnc(Cl)n3)ccc21. The number of ether oxygens (including phenoxy) is 2. The zero-order valence-electron chi connectivity index (χ0n) is 28.0. The van der Waals surface area contributed by atoms with Crippen LogP contribution in [0, 0.1) is 0 Å². The number of rotatable bonds is 5. The van der Waals surface area contributed by atoms with Crippen LogP contribution in [0.5, 0.6) is 0 Å². The lowest BCUT2D eigenvalue weighted by atomic mass is 10.1. The Morgan fingerprint density at radius 2 is 1.24 bits per heavy atom. The minimum atomic E-state index is -0.580. The van der Waals surface area contributed by atoms with Gasteiger partial charge >= 0.3 is 12.2 Å². The number of carbonyl (C=O) groups is 2. The van der Waals surface area contributed by atoms with Crippen LogP contribution in [0.2, 0.25) is 10.6 Å². The van der Waals surface area contributed by atoms with E-state index in [1.54, 1.807) is 49.2 Å². The van der Waals surface area contributed by atoms with Crippen molar-refractivity contribution in [2.75, 3.05) is 10.6 Å². The number of nitrogens with one attached hydrogen (secondary N) is 2. The second-order valence-electron chi connectivity index (χ2n) is 12.7. The normalized spacial score (nSPS) is 11.4. The minimum Gasteiger partial charge on any atom is -0.442 e. The van der Waals surface area contributed by atoms with Crippen molar-refractivity contribution in [3.63, 3.8) is 0 Å². The van der Waals surface area contributed by atoms with E-state index in [0.717, 1.165) is 27.9 Å². The van der Waals surface area contributed by atoms with E-state index in [-0.39, 0.29) is 10.6 Å². The van der Waals surface area contributed by atoms with Crippen LogP contribution >= 0.6 is 23.2 Å². The standard InChI is InChI=1S/C18H18ClN5O2.C16H16ClN5O2/c1-18(2,3)26-17(25)24-11-13(10-21-24)12-4-6-14(7-5-12)22-15-8-9-20-16(19)23-15;1-16(2,3)24-15(23)22-12-5-4-11(8-10(12)9-19-22)20-13-6-7-18-14(17)21-13/h4-11H,1-3H3,(H,20,22,23);4-9H,1-3H3,(H,18,20,21). The average molecular weight is 718 g/mol. The van der Waals surface area contributed by atoms with Gasteiger partial charge in [-0.1, -0.05) is 12.1 Å². The predicted octanol–water partition coefficient (Wildman–Crippen LogP) is 8.53. The molecule has 258 valence electrons. The summed E-state index contributed by atoms with van der Waals surface area (Å²) in [6.45, 7) is 10.9. The molecule has 6 aromatic rings. The maximum atomic E-state index is 12.2. The number of aromatic nitrogens is 8. The van der Waals surface area contributed by atoms with Gasteiger partial charge in [-0.05, 0) is 113 Å². The van der Waals surface area contributed by atoms with E-state index in [0.29, 0.717) is 17.2 Å². The van der Waals surface area contributed by atoms with Gasteiger partial charge in [-0.3, -0.25) is 0 Å². The van der Waals surface area contributed by atoms with E-state index in [1.807, 2.05) is 77.9 Å². The van der Waals surface area contributed by atoms with Crippen LogP contribution in [0.3, 0.4) is 0 Å². The van der Waals surface area contributed by atoms with Crippen LogP contribution in [-0.4, -0.2) is 62.9 Å². The number of nitrogens with zero attached hydrogens (tertiary/aromatic N) is 8. The zero-order chi connectivity index (χ0) is 36.1. The highest BCUT2D eigenvalue weighted by Gasteiger charge is 2.21. The molecular weight excluding hydrogens is 683 g/mol. The Kier molecular flexibility index (Phi) is 10.6. The molecule has 0 aliphatic rings. The van der Waals surface area contributed by atoms with Crippen molar-refractivity contribution in [3.05, 3.63) is 96.1 Å².